The van der Waals surface area contributed by atoms with Gasteiger partial charge >= 0.3 is 0 Å². The van der Waals surface area contributed by atoms with Crippen molar-refractivity contribution in [1.82, 2.24) is 10.2 Å². The molecule has 5 heteroatoms. The van der Waals surface area contributed by atoms with Gasteiger partial charge < -0.3 is 19.7 Å². The molecule has 1 unspecified atom stereocenters. The molecule has 2 aliphatic rings. The van der Waals surface area contributed by atoms with Crippen LogP contribution in [0.25, 0.3) is 0 Å². The lowest BCUT2D eigenvalue weighted by molar-refractivity contribution is -0.140. The lowest BCUT2D eigenvalue weighted by Gasteiger charge is -2.38. The molecule has 2 aliphatic heterocycles. The standard InChI is InChI=1S/C16H30N2O3/c1-3-16(8-5-9-17-16)15(19)18-10-6-14(7-11-18)21-13-12-20-4-2/h14,17H,3-13H2,1-2H3. The topological polar surface area (TPSA) is 50.8 Å². The molecule has 0 bridgehead atoms. The van der Waals surface area contributed by atoms with Crippen LogP contribution in [0.3, 0.4) is 0 Å². The first kappa shape index (κ1) is 16.7. The first-order chi connectivity index (χ1) is 10.2. The van der Waals surface area contributed by atoms with Crippen molar-refractivity contribution in [3.63, 3.8) is 0 Å². The number of hydrogen-bond donors (Lipinski definition) is 1. The van der Waals surface area contributed by atoms with Gasteiger partial charge in [0.25, 0.3) is 0 Å². The average Bonchev–Trinajstić information content (AvgIpc) is 3.02. The summed E-state index contributed by atoms with van der Waals surface area (Å²) in [6, 6.07) is 0. The van der Waals surface area contributed by atoms with E-state index in [1.807, 2.05) is 11.8 Å². The quantitative estimate of drug-likeness (QED) is 0.725. The fraction of sp³-hybridized carbons (Fsp3) is 0.938. The predicted octanol–water partition coefficient (Wildman–Crippen LogP) is 1.56. The van der Waals surface area contributed by atoms with E-state index in [0.29, 0.717) is 19.1 Å². The molecule has 0 aromatic carbocycles. The molecule has 2 heterocycles. The lowest BCUT2D eigenvalue weighted by atomic mass is 9.91. The van der Waals surface area contributed by atoms with E-state index < -0.39 is 0 Å². The molecule has 1 atom stereocenters. The third kappa shape index (κ3) is 4.18. The first-order valence-electron chi connectivity index (χ1n) is 8.45. The maximum absolute atomic E-state index is 12.8. The van der Waals surface area contributed by atoms with E-state index in [1.165, 1.54) is 0 Å². The van der Waals surface area contributed by atoms with Gasteiger partial charge in [-0.05, 0) is 45.6 Å². The van der Waals surface area contributed by atoms with Crippen LogP contribution in [0.1, 0.15) is 46.0 Å². The molecule has 5 nitrogen and oxygen atoms in total. The third-order valence-corrected chi connectivity index (χ3v) is 4.77. The molecule has 0 aromatic heterocycles. The van der Waals surface area contributed by atoms with E-state index in [9.17, 15) is 4.79 Å². The van der Waals surface area contributed by atoms with Gasteiger partial charge in [-0.15, -0.1) is 0 Å². The van der Waals surface area contributed by atoms with Crippen molar-refractivity contribution in [2.75, 3.05) is 39.5 Å². The predicted molar refractivity (Wildman–Crippen MR) is 82.3 cm³/mol. The second-order valence-electron chi connectivity index (χ2n) is 6.03. The van der Waals surface area contributed by atoms with Crippen molar-refractivity contribution in [3.05, 3.63) is 0 Å². The summed E-state index contributed by atoms with van der Waals surface area (Å²) in [4.78, 5) is 14.8. The molecule has 21 heavy (non-hydrogen) atoms. The second-order valence-corrected chi connectivity index (χ2v) is 6.03. The molecule has 2 fully saturated rings. The summed E-state index contributed by atoms with van der Waals surface area (Å²) >= 11 is 0. The molecule has 1 amide bonds. The van der Waals surface area contributed by atoms with E-state index >= 15 is 0 Å². The number of piperidine rings is 1. The van der Waals surface area contributed by atoms with Gasteiger partial charge in [-0.1, -0.05) is 6.92 Å². The summed E-state index contributed by atoms with van der Waals surface area (Å²) < 4.78 is 11.1. The number of likely N-dealkylation sites (tertiary alicyclic amines) is 1. The summed E-state index contributed by atoms with van der Waals surface area (Å²) in [7, 11) is 0. The molecule has 0 radical (unpaired) electrons. The number of ether oxygens (including phenoxy) is 2. The van der Waals surface area contributed by atoms with Gasteiger partial charge in [-0.2, -0.15) is 0 Å². The van der Waals surface area contributed by atoms with Crippen molar-refractivity contribution >= 4 is 5.91 Å². The Kier molecular flexibility index (Phi) is 6.45. The Morgan fingerprint density at radius 2 is 2.05 bits per heavy atom. The zero-order valence-corrected chi connectivity index (χ0v) is 13.5. The Bertz CT molecular complexity index is 321. The van der Waals surface area contributed by atoms with Gasteiger partial charge in [0.1, 0.15) is 0 Å². The number of carbonyl (C=O) groups is 1. The van der Waals surface area contributed by atoms with Gasteiger partial charge in [0.05, 0.1) is 24.9 Å². The van der Waals surface area contributed by atoms with Crippen LogP contribution in [-0.4, -0.2) is 61.9 Å². The van der Waals surface area contributed by atoms with E-state index in [4.69, 9.17) is 9.47 Å². The van der Waals surface area contributed by atoms with Crippen molar-refractivity contribution in [1.29, 1.82) is 0 Å². The summed E-state index contributed by atoms with van der Waals surface area (Å²) in [5, 5.41) is 3.44. The van der Waals surface area contributed by atoms with Gasteiger partial charge in [-0.3, -0.25) is 4.79 Å². The summed E-state index contributed by atoms with van der Waals surface area (Å²) in [6.07, 6.45) is 5.14. The Labute approximate surface area is 128 Å². The maximum atomic E-state index is 12.8. The van der Waals surface area contributed by atoms with Crippen LogP contribution in [0.4, 0.5) is 0 Å². The van der Waals surface area contributed by atoms with Crippen molar-refractivity contribution in [2.45, 2.75) is 57.6 Å². The average molecular weight is 298 g/mol. The first-order valence-corrected chi connectivity index (χ1v) is 8.45. The summed E-state index contributed by atoms with van der Waals surface area (Å²) in [5.74, 6) is 0.301. The van der Waals surface area contributed by atoms with Crippen LogP contribution in [-0.2, 0) is 14.3 Å². The van der Waals surface area contributed by atoms with Crippen LogP contribution in [0.15, 0.2) is 0 Å². The minimum atomic E-state index is -0.289. The monoisotopic (exact) mass is 298 g/mol. The molecule has 0 saturated carbocycles. The zero-order chi connectivity index (χ0) is 15.1. The number of hydrogen-bond acceptors (Lipinski definition) is 4. The Balaban J connectivity index is 1.74. The molecule has 0 aliphatic carbocycles. The Morgan fingerprint density at radius 1 is 1.29 bits per heavy atom. The van der Waals surface area contributed by atoms with Gasteiger partial charge in [0.15, 0.2) is 0 Å². The van der Waals surface area contributed by atoms with Crippen molar-refractivity contribution in [2.24, 2.45) is 0 Å². The minimum absolute atomic E-state index is 0.281. The van der Waals surface area contributed by atoms with Crippen molar-refractivity contribution < 1.29 is 14.3 Å². The molecule has 0 aromatic rings. The number of nitrogens with one attached hydrogen (secondary N) is 1. The Hall–Kier alpha value is -0.650. The highest BCUT2D eigenvalue weighted by Gasteiger charge is 2.42. The molecule has 0 spiro atoms. The highest BCUT2D eigenvalue weighted by Crippen LogP contribution is 2.27. The molecular weight excluding hydrogens is 268 g/mol. The Morgan fingerprint density at radius 3 is 2.62 bits per heavy atom. The van der Waals surface area contributed by atoms with E-state index in [2.05, 4.69) is 12.2 Å². The summed E-state index contributed by atoms with van der Waals surface area (Å²) in [6.45, 7) is 8.78. The normalized spacial score (nSPS) is 27.2. The largest absolute Gasteiger partial charge is 0.379 e. The highest BCUT2D eigenvalue weighted by molar-refractivity contribution is 5.86. The fourth-order valence-electron chi connectivity index (χ4n) is 3.39. The SMILES string of the molecule is CCOCCOC1CCN(C(=O)C2(CC)CCCN2)CC1. The van der Waals surface area contributed by atoms with E-state index in [1.54, 1.807) is 0 Å². The fourth-order valence-corrected chi connectivity index (χ4v) is 3.39. The number of carbonyl (C=O) groups excluding carboxylic acids is 1. The van der Waals surface area contributed by atoms with Crippen molar-refractivity contribution in [3.8, 4) is 0 Å². The molecular formula is C16H30N2O3. The van der Waals surface area contributed by atoms with Gasteiger partial charge in [0.2, 0.25) is 5.91 Å². The number of nitrogens with zero attached hydrogens (tertiary/aromatic N) is 1. The van der Waals surface area contributed by atoms with E-state index in [-0.39, 0.29) is 11.6 Å². The van der Waals surface area contributed by atoms with Crippen LogP contribution in [0.2, 0.25) is 0 Å². The van der Waals surface area contributed by atoms with Crippen LogP contribution in [0, 0.1) is 0 Å². The number of rotatable bonds is 7. The maximum Gasteiger partial charge on any atom is 0.242 e. The minimum Gasteiger partial charge on any atom is -0.379 e. The molecule has 1 N–H and O–H groups in total. The zero-order valence-electron chi connectivity index (χ0n) is 13.5. The third-order valence-electron chi connectivity index (χ3n) is 4.77. The number of amides is 1. The molecule has 122 valence electrons. The summed E-state index contributed by atoms with van der Waals surface area (Å²) in [5.41, 5.74) is -0.289. The smallest absolute Gasteiger partial charge is 0.242 e. The van der Waals surface area contributed by atoms with E-state index in [0.717, 1.165) is 58.3 Å². The highest BCUT2D eigenvalue weighted by atomic mass is 16.5. The lowest BCUT2D eigenvalue weighted by Crippen LogP contribution is -2.56. The molecule has 2 saturated heterocycles. The van der Waals surface area contributed by atoms with Crippen LogP contribution < -0.4 is 5.32 Å². The second kappa shape index (κ2) is 8.11. The molecule has 2 rings (SSSR count). The van der Waals surface area contributed by atoms with Crippen LogP contribution in [0.5, 0.6) is 0 Å². The van der Waals surface area contributed by atoms with Gasteiger partial charge in [-0.25, -0.2) is 0 Å². The van der Waals surface area contributed by atoms with Gasteiger partial charge in [0, 0.05) is 19.7 Å². The van der Waals surface area contributed by atoms with Crippen LogP contribution >= 0.6 is 0 Å².